The van der Waals surface area contributed by atoms with Crippen LogP contribution < -0.4 is 5.32 Å². The fourth-order valence-corrected chi connectivity index (χ4v) is 3.16. The molecule has 110 valence electrons. The summed E-state index contributed by atoms with van der Waals surface area (Å²) in [6.07, 6.45) is 8.53. The van der Waals surface area contributed by atoms with Crippen molar-refractivity contribution in [2.75, 3.05) is 13.2 Å². The molecule has 2 aliphatic rings. The van der Waals surface area contributed by atoms with Crippen molar-refractivity contribution in [2.24, 2.45) is 5.92 Å². The van der Waals surface area contributed by atoms with Gasteiger partial charge in [-0.15, -0.1) is 0 Å². The molecule has 1 saturated carbocycles. The van der Waals surface area contributed by atoms with Gasteiger partial charge in [-0.2, -0.15) is 0 Å². The van der Waals surface area contributed by atoms with Crippen LogP contribution in [0.4, 0.5) is 0 Å². The fraction of sp³-hybridized carbons (Fsp3) is 0.933. The molecule has 0 radical (unpaired) electrons. The Morgan fingerprint density at radius 1 is 1.32 bits per heavy atom. The Morgan fingerprint density at radius 3 is 2.58 bits per heavy atom. The van der Waals surface area contributed by atoms with E-state index < -0.39 is 5.60 Å². The fourth-order valence-electron chi connectivity index (χ4n) is 3.16. The van der Waals surface area contributed by atoms with Crippen LogP contribution in [0.15, 0.2) is 0 Å². The van der Waals surface area contributed by atoms with Gasteiger partial charge in [0.1, 0.15) is 5.60 Å². The highest BCUT2D eigenvalue weighted by atomic mass is 16.5. The number of amides is 1. The highest BCUT2D eigenvalue weighted by Gasteiger charge is 2.39. The van der Waals surface area contributed by atoms with E-state index in [1.165, 1.54) is 38.5 Å². The molecule has 2 N–H and O–H groups in total. The molecule has 2 rings (SSSR count). The Morgan fingerprint density at radius 2 is 2.00 bits per heavy atom. The van der Waals surface area contributed by atoms with Crippen molar-refractivity contribution in [3.8, 4) is 0 Å². The van der Waals surface area contributed by atoms with Gasteiger partial charge in [0, 0.05) is 26.0 Å². The minimum atomic E-state index is -0.876. The Hall–Kier alpha value is -0.610. The monoisotopic (exact) mass is 269 g/mol. The van der Waals surface area contributed by atoms with Crippen LogP contribution in [-0.4, -0.2) is 35.9 Å². The molecule has 2 atom stereocenters. The number of rotatable bonds is 4. The summed E-state index contributed by atoms with van der Waals surface area (Å²) in [6, 6.07) is 0. The van der Waals surface area contributed by atoms with E-state index in [1.54, 1.807) is 0 Å². The van der Waals surface area contributed by atoms with Crippen molar-refractivity contribution < 1.29 is 14.6 Å². The van der Waals surface area contributed by atoms with Crippen molar-refractivity contribution in [3.63, 3.8) is 0 Å². The molecule has 1 aliphatic carbocycles. The maximum absolute atomic E-state index is 12.0. The molecular formula is C15H27NO3. The van der Waals surface area contributed by atoms with Gasteiger partial charge >= 0.3 is 0 Å². The quantitative estimate of drug-likeness (QED) is 0.768. The second-order valence-corrected chi connectivity index (χ2v) is 6.21. The summed E-state index contributed by atoms with van der Waals surface area (Å²) >= 11 is 0. The van der Waals surface area contributed by atoms with Crippen molar-refractivity contribution in [2.45, 2.75) is 70.0 Å². The predicted octanol–water partition coefficient (Wildman–Crippen LogP) is 2.00. The Labute approximate surface area is 115 Å². The second kappa shape index (κ2) is 6.71. The van der Waals surface area contributed by atoms with E-state index in [-0.39, 0.29) is 12.0 Å². The molecular weight excluding hydrogens is 242 g/mol. The molecule has 0 spiro atoms. The zero-order valence-corrected chi connectivity index (χ0v) is 12.0. The molecule has 0 aromatic carbocycles. The molecule has 4 heteroatoms. The SMILES string of the molecule is CC1OCCC1(O)CNC(=O)CC1CCCCCC1. The van der Waals surface area contributed by atoms with Gasteiger partial charge in [0.2, 0.25) is 5.91 Å². The van der Waals surface area contributed by atoms with Gasteiger partial charge in [-0.1, -0.05) is 25.7 Å². The van der Waals surface area contributed by atoms with Gasteiger partial charge in [-0.05, 0) is 25.7 Å². The third-order valence-corrected chi connectivity index (χ3v) is 4.70. The van der Waals surface area contributed by atoms with Crippen LogP contribution >= 0.6 is 0 Å². The van der Waals surface area contributed by atoms with E-state index in [0.717, 1.165) is 0 Å². The Bertz CT molecular complexity index is 300. The van der Waals surface area contributed by atoms with Crippen molar-refractivity contribution in [1.29, 1.82) is 0 Å². The van der Waals surface area contributed by atoms with E-state index in [9.17, 15) is 9.90 Å². The predicted molar refractivity (Wildman–Crippen MR) is 73.8 cm³/mol. The second-order valence-electron chi connectivity index (χ2n) is 6.21. The molecule has 1 aliphatic heterocycles. The molecule has 1 saturated heterocycles. The molecule has 0 bridgehead atoms. The van der Waals surface area contributed by atoms with Crippen molar-refractivity contribution in [3.05, 3.63) is 0 Å². The Kier molecular flexibility index (Phi) is 5.22. The summed E-state index contributed by atoms with van der Waals surface area (Å²) in [5.74, 6) is 0.619. The van der Waals surface area contributed by atoms with Crippen LogP contribution in [0.3, 0.4) is 0 Å². The van der Waals surface area contributed by atoms with E-state index in [0.29, 0.717) is 31.9 Å². The average Bonchev–Trinajstić information content (AvgIpc) is 2.58. The number of carbonyl (C=O) groups is 1. The Balaban J connectivity index is 1.72. The smallest absolute Gasteiger partial charge is 0.220 e. The standard InChI is InChI=1S/C15H27NO3/c1-12-15(18,8-9-19-12)11-16-14(17)10-13-6-4-2-3-5-7-13/h12-13,18H,2-11H2,1H3,(H,16,17). The molecule has 0 aromatic heterocycles. The van der Waals surface area contributed by atoms with Crippen LogP contribution in [-0.2, 0) is 9.53 Å². The first-order chi connectivity index (χ1) is 9.10. The number of hydrogen-bond donors (Lipinski definition) is 2. The zero-order chi connectivity index (χ0) is 13.7. The summed E-state index contributed by atoms with van der Waals surface area (Å²) in [5.41, 5.74) is -0.876. The first kappa shape index (κ1) is 14.8. The van der Waals surface area contributed by atoms with Gasteiger partial charge in [0.15, 0.2) is 0 Å². The highest BCUT2D eigenvalue weighted by molar-refractivity contribution is 5.76. The van der Waals surface area contributed by atoms with Gasteiger partial charge in [0.25, 0.3) is 0 Å². The summed E-state index contributed by atoms with van der Waals surface area (Å²) in [4.78, 5) is 12.0. The third kappa shape index (κ3) is 4.18. The van der Waals surface area contributed by atoms with E-state index in [2.05, 4.69) is 5.32 Å². The number of ether oxygens (including phenoxy) is 1. The first-order valence-electron chi connectivity index (χ1n) is 7.71. The number of aliphatic hydroxyl groups is 1. The largest absolute Gasteiger partial charge is 0.385 e. The van der Waals surface area contributed by atoms with Gasteiger partial charge < -0.3 is 15.2 Å². The number of carbonyl (C=O) groups excluding carboxylic acids is 1. The van der Waals surface area contributed by atoms with E-state index >= 15 is 0 Å². The van der Waals surface area contributed by atoms with Crippen LogP contribution in [0.2, 0.25) is 0 Å². The molecule has 19 heavy (non-hydrogen) atoms. The van der Waals surface area contributed by atoms with Gasteiger partial charge in [0.05, 0.1) is 6.10 Å². The average molecular weight is 269 g/mol. The maximum Gasteiger partial charge on any atom is 0.220 e. The lowest BCUT2D eigenvalue weighted by molar-refractivity contribution is -0.124. The minimum absolute atomic E-state index is 0.0828. The highest BCUT2D eigenvalue weighted by Crippen LogP contribution is 2.26. The molecule has 1 amide bonds. The number of nitrogens with one attached hydrogen (secondary N) is 1. The topological polar surface area (TPSA) is 58.6 Å². The maximum atomic E-state index is 12.0. The molecule has 0 aromatic rings. The van der Waals surface area contributed by atoms with E-state index in [4.69, 9.17) is 4.74 Å². The lowest BCUT2D eigenvalue weighted by Gasteiger charge is -2.26. The van der Waals surface area contributed by atoms with Crippen LogP contribution in [0.25, 0.3) is 0 Å². The first-order valence-corrected chi connectivity index (χ1v) is 7.71. The lowest BCUT2D eigenvalue weighted by atomic mass is 9.94. The van der Waals surface area contributed by atoms with Gasteiger partial charge in [-0.3, -0.25) is 4.79 Å². The summed E-state index contributed by atoms with van der Waals surface area (Å²) in [7, 11) is 0. The van der Waals surface area contributed by atoms with Gasteiger partial charge in [-0.25, -0.2) is 0 Å². The third-order valence-electron chi connectivity index (χ3n) is 4.70. The zero-order valence-electron chi connectivity index (χ0n) is 12.0. The number of hydrogen-bond acceptors (Lipinski definition) is 3. The lowest BCUT2D eigenvalue weighted by Crippen LogP contribution is -2.47. The summed E-state index contributed by atoms with van der Waals surface area (Å²) in [6.45, 7) is 2.76. The normalized spacial score (nSPS) is 33.1. The van der Waals surface area contributed by atoms with E-state index in [1.807, 2.05) is 6.92 Å². The molecule has 2 unspecified atom stereocenters. The van der Waals surface area contributed by atoms with Crippen molar-refractivity contribution >= 4 is 5.91 Å². The molecule has 2 fully saturated rings. The molecule has 1 heterocycles. The van der Waals surface area contributed by atoms with Crippen LogP contribution in [0, 0.1) is 5.92 Å². The summed E-state index contributed by atoms with van der Waals surface area (Å²) < 4.78 is 5.37. The van der Waals surface area contributed by atoms with Crippen molar-refractivity contribution in [1.82, 2.24) is 5.32 Å². The minimum Gasteiger partial charge on any atom is -0.385 e. The summed E-state index contributed by atoms with van der Waals surface area (Å²) in [5, 5.41) is 13.2. The molecule has 4 nitrogen and oxygen atoms in total. The van der Waals surface area contributed by atoms with Crippen LogP contribution in [0.5, 0.6) is 0 Å². The van der Waals surface area contributed by atoms with Crippen LogP contribution in [0.1, 0.15) is 58.3 Å².